The molecule has 0 saturated heterocycles. The first kappa shape index (κ1) is 22.2. The molecule has 1 aromatic heterocycles. The second kappa shape index (κ2) is 8.95. The Morgan fingerprint density at radius 1 is 1.15 bits per heavy atom. The fourth-order valence-electron chi connectivity index (χ4n) is 5.68. The van der Waals surface area contributed by atoms with Crippen molar-refractivity contribution in [2.24, 2.45) is 0 Å². The van der Waals surface area contributed by atoms with Gasteiger partial charge in [0.05, 0.1) is 12.9 Å². The summed E-state index contributed by atoms with van der Waals surface area (Å²) < 4.78 is 1.70. The van der Waals surface area contributed by atoms with Crippen LogP contribution in [0.5, 0.6) is 0 Å². The van der Waals surface area contributed by atoms with Gasteiger partial charge in [0, 0.05) is 18.6 Å². The van der Waals surface area contributed by atoms with Crippen molar-refractivity contribution in [3.8, 4) is 0 Å². The van der Waals surface area contributed by atoms with Crippen LogP contribution < -0.4 is 10.6 Å². The zero-order valence-electron chi connectivity index (χ0n) is 19.6. The molecule has 8 nitrogen and oxygen atoms in total. The van der Waals surface area contributed by atoms with Crippen LogP contribution in [0.15, 0.2) is 18.0 Å². The Kier molecular flexibility index (Phi) is 6.01. The minimum Gasteiger partial charge on any atom is -0.351 e. The monoisotopic (exact) mass is 453 g/mol. The van der Waals surface area contributed by atoms with Gasteiger partial charge in [-0.1, -0.05) is 24.5 Å². The Bertz CT molecular complexity index is 973. The summed E-state index contributed by atoms with van der Waals surface area (Å²) in [5, 5.41) is 6.14. The molecule has 2 heterocycles. The van der Waals surface area contributed by atoms with E-state index >= 15 is 0 Å². The summed E-state index contributed by atoms with van der Waals surface area (Å²) in [7, 11) is 0. The Hall–Kier alpha value is -2.64. The fraction of sp³-hybridized carbons (Fsp3) is 0.680. The van der Waals surface area contributed by atoms with Gasteiger partial charge in [-0.05, 0) is 64.7 Å². The maximum absolute atomic E-state index is 13.7. The lowest BCUT2D eigenvalue weighted by molar-refractivity contribution is -0.134. The molecule has 0 bridgehead atoms. The Morgan fingerprint density at radius 3 is 2.64 bits per heavy atom. The molecule has 0 unspecified atom stereocenters. The van der Waals surface area contributed by atoms with Crippen LogP contribution in [0.2, 0.25) is 0 Å². The number of nitrogens with zero attached hydrogens (tertiary/aromatic N) is 3. The van der Waals surface area contributed by atoms with Crippen LogP contribution in [0.4, 0.5) is 0 Å². The number of nitrogens with one attached hydrogen (secondary N) is 2. The molecule has 2 fully saturated rings. The summed E-state index contributed by atoms with van der Waals surface area (Å²) in [5.74, 6) is -0.672. The van der Waals surface area contributed by atoms with E-state index in [2.05, 4.69) is 21.7 Å². The average Bonchev–Trinajstić information content (AvgIpc) is 3.31. The number of fused-ring (bicyclic) bond motifs is 1. The zero-order valence-corrected chi connectivity index (χ0v) is 19.6. The number of carbonyl (C=O) groups excluding carboxylic acids is 3. The van der Waals surface area contributed by atoms with E-state index in [0.717, 1.165) is 57.8 Å². The third kappa shape index (κ3) is 4.32. The smallest absolute Gasteiger partial charge is 0.274 e. The van der Waals surface area contributed by atoms with Crippen molar-refractivity contribution in [3.05, 3.63) is 29.4 Å². The normalized spacial score (nSPS) is 25.5. The number of carbonyl (C=O) groups is 3. The van der Waals surface area contributed by atoms with Crippen LogP contribution in [-0.2, 0) is 11.3 Å². The third-order valence-electron chi connectivity index (χ3n) is 7.69. The molecule has 1 aromatic rings. The molecule has 178 valence electrons. The number of hydrogen-bond acceptors (Lipinski definition) is 4. The lowest BCUT2D eigenvalue weighted by atomic mass is 9.93. The van der Waals surface area contributed by atoms with Crippen LogP contribution in [0, 0.1) is 0 Å². The van der Waals surface area contributed by atoms with Gasteiger partial charge in [-0.2, -0.15) is 0 Å². The van der Waals surface area contributed by atoms with Crippen LogP contribution in [-0.4, -0.2) is 56.3 Å². The summed E-state index contributed by atoms with van der Waals surface area (Å²) in [6.45, 7) is 2.71. The van der Waals surface area contributed by atoms with E-state index in [1.165, 1.54) is 24.7 Å². The molecular weight excluding hydrogens is 418 g/mol. The van der Waals surface area contributed by atoms with Gasteiger partial charge in [0.25, 0.3) is 11.8 Å². The number of allylic oxidation sites excluding steroid dienone is 1. The molecule has 4 aliphatic rings. The first-order valence-electron chi connectivity index (χ1n) is 12.6. The van der Waals surface area contributed by atoms with Crippen molar-refractivity contribution in [2.75, 3.05) is 6.54 Å². The van der Waals surface area contributed by atoms with Gasteiger partial charge >= 0.3 is 0 Å². The van der Waals surface area contributed by atoms with Crippen molar-refractivity contribution in [2.45, 2.75) is 102 Å². The number of rotatable bonds is 7. The lowest BCUT2D eigenvalue weighted by Crippen LogP contribution is -2.65. The molecule has 1 atom stereocenters. The molecule has 0 aromatic carbocycles. The molecule has 5 rings (SSSR count). The third-order valence-corrected chi connectivity index (χ3v) is 7.69. The van der Waals surface area contributed by atoms with Crippen LogP contribution in [0.3, 0.4) is 0 Å². The number of aromatic nitrogens is 2. The highest BCUT2D eigenvalue weighted by molar-refractivity contribution is 6.07. The van der Waals surface area contributed by atoms with Crippen LogP contribution in [0.25, 0.3) is 0 Å². The maximum atomic E-state index is 13.7. The molecule has 33 heavy (non-hydrogen) atoms. The molecule has 2 N–H and O–H groups in total. The number of hydrogen-bond donors (Lipinski definition) is 2. The van der Waals surface area contributed by atoms with Gasteiger partial charge in [-0.15, -0.1) is 0 Å². The first-order chi connectivity index (χ1) is 16.0. The highest BCUT2D eigenvalue weighted by Crippen LogP contribution is 2.39. The number of amides is 3. The molecule has 3 aliphatic carbocycles. The Labute approximate surface area is 195 Å². The van der Waals surface area contributed by atoms with E-state index in [0.29, 0.717) is 18.8 Å². The highest BCUT2D eigenvalue weighted by Gasteiger charge is 2.54. The van der Waals surface area contributed by atoms with Crippen molar-refractivity contribution in [1.82, 2.24) is 25.1 Å². The van der Waals surface area contributed by atoms with Gasteiger partial charge in [0.1, 0.15) is 11.2 Å². The molecule has 3 amide bonds. The Balaban J connectivity index is 1.32. The maximum Gasteiger partial charge on any atom is 0.274 e. The quantitative estimate of drug-likeness (QED) is 0.621. The van der Waals surface area contributed by atoms with E-state index in [9.17, 15) is 14.4 Å². The second-order valence-electron chi connectivity index (χ2n) is 10.3. The summed E-state index contributed by atoms with van der Waals surface area (Å²) in [5.41, 5.74) is 0.896. The largest absolute Gasteiger partial charge is 0.351 e. The number of imidazole rings is 1. The van der Waals surface area contributed by atoms with Gasteiger partial charge in [0.2, 0.25) is 5.91 Å². The van der Waals surface area contributed by atoms with Crippen LogP contribution >= 0.6 is 0 Å². The van der Waals surface area contributed by atoms with Gasteiger partial charge in [0.15, 0.2) is 5.69 Å². The van der Waals surface area contributed by atoms with Gasteiger partial charge < -0.3 is 20.1 Å². The van der Waals surface area contributed by atoms with Gasteiger partial charge in [-0.3, -0.25) is 14.4 Å². The van der Waals surface area contributed by atoms with E-state index in [1.54, 1.807) is 9.47 Å². The van der Waals surface area contributed by atoms with Crippen molar-refractivity contribution < 1.29 is 14.4 Å². The molecule has 2 saturated carbocycles. The standard InChI is InChI=1S/C25H35N5O3/c1-25(24(33)28-18-9-5-6-10-18)15-29-16-27-20(21(29)23(32)30(25)19-11-12-19)22(31)26-14-13-17-7-3-2-4-8-17/h7,16,18-19H,2-6,8-15H2,1H3,(H,26,31)(H,28,33)/t25-/m0/s1. The topological polar surface area (TPSA) is 96.3 Å². The second-order valence-corrected chi connectivity index (χ2v) is 10.3. The SMILES string of the molecule is C[C@@]1(C(=O)NC2CCCC2)Cn2cnc(C(=O)NCCC3=CCCCC3)c2C(=O)N1C1CC1. The average molecular weight is 454 g/mol. The molecular formula is C25H35N5O3. The molecule has 0 spiro atoms. The Morgan fingerprint density at radius 2 is 1.94 bits per heavy atom. The first-order valence-corrected chi connectivity index (χ1v) is 12.6. The van der Waals surface area contributed by atoms with E-state index < -0.39 is 5.54 Å². The predicted octanol–water partition coefficient (Wildman–Crippen LogP) is 2.94. The van der Waals surface area contributed by atoms with E-state index in [-0.39, 0.29) is 35.5 Å². The highest BCUT2D eigenvalue weighted by atomic mass is 16.2. The van der Waals surface area contributed by atoms with Gasteiger partial charge in [-0.25, -0.2) is 4.98 Å². The summed E-state index contributed by atoms with van der Waals surface area (Å²) in [4.78, 5) is 46.0. The minimum absolute atomic E-state index is 0.0506. The molecule has 8 heteroatoms. The molecule has 1 aliphatic heterocycles. The summed E-state index contributed by atoms with van der Waals surface area (Å²) >= 11 is 0. The minimum atomic E-state index is -0.976. The van der Waals surface area contributed by atoms with E-state index in [4.69, 9.17) is 0 Å². The summed E-state index contributed by atoms with van der Waals surface area (Å²) in [6.07, 6.45) is 15.4. The lowest BCUT2D eigenvalue weighted by Gasteiger charge is -2.44. The van der Waals surface area contributed by atoms with Crippen LogP contribution in [0.1, 0.15) is 98.5 Å². The molecule has 0 radical (unpaired) electrons. The van der Waals surface area contributed by atoms with E-state index in [1.807, 2.05) is 6.92 Å². The predicted molar refractivity (Wildman–Crippen MR) is 124 cm³/mol. The zero-order chi connectivity index (χ0) is 23.0. The van der Waals surface area contributed by atoms with Crippen molar-refractivity contribution in [1.29, 1.82) is 0 Å². The van der Waals surface area contributed by atoms with Crippen molar-refractivity contribution in [3.63, 3.8) is 0 Å². The summed E-state index contributed by atoms with van der Waals surface area (Å²) in [6, 6.07) is 0.241. The van der Waals surface area contributed by atoms with Crippen molar-refractivity contribution >= 4 is 17.7 Å². The fourth-order valence-corrected chi connectivity index (χ4v) is 5.68.